The van der Waals surface area contributed by atoms with E-state index in [1.54, 1.807) is 35.7 Å². The lowest BCUT2D eigenvalue weighted by Gasteiger charge is -2.15. The van der Waals surface area contributed by atoms with Crippen LogP contribution < -0.4 is 10.2 Å². The molecule has 2 aromatic rings. The molecule has 0 atom stereocenters. The maximum atomic E-state index is 12.7. The van der Waals surface area contributed by atoms with Crippen LogP contribution in [0.25, 0.3) is 0 Å². The zero-order chi connectivity index (χ0) is 18.0. The summed E-state index contributed by atoms with van der Waals surface area (Å²) >= 11 is 7.72. The highest BCUT2D eigenvalue weighted by Gasteiger charge is 2.23. The van der Waals surface area contributed by atoms with Crippen LogP contribution in [0.1, 0.15) is 29.8 Å². The number of hydrogen-bond acceptors (Lipinski definition) is 3. The van der Waals surface area contributed by atoms with Gasteiger partial charge in [0.15, 0.2) is 0 Å². The van der Waals surface area contributed by atoms with E-state index in [2.05, 4.69) is 12.2 Å². The fraction of sp³-hybridized carbons (Fsp3) is 0.263. The van der Waals surface area contributed by atoms with Gasteiger partial charge in [0.2, 0.25) is 5.91 Å². The third-order valence-corrected chi connectivity index (χ3v) is 5.30. The molecule has 130 valence electrons. The summed E-state index contributed by atoms with van der Waals surface area (Å²) in [5.74, 6) is 0.755. The molecule has 0 saturated heterocycles. The summed E-state index contributed by atoms with van der Waals surface area (Å²) in [6.45, 7) is 4.29. The van der Waals surface area contributed by atoms with Crippen molar-refractivity contribution in [2.24, 2.45) is 0 Å². The van der Waals surface area contributed by atoms with Gasteiger partial charge in [-0.2, -0.15) is 0 Å². The summed E-state index contributed by atoms with van der Waals surface area (Å²) in [4.78, 5) is 27.0. The van der Waals surface area contributed by atoms with Gasteiger partial charge >= 0.3 is 0 Å². The number of rotatable bonds is 4. The molecule has 0 saturated carbocycles. The highest BCUT2D eigenvalue weighted by atomic mass is 35.5. The molecule has 0 aliphatic carbocycles. The standard InChI is InChI=1S/C19H19ClN2O2S/c1-3-25-18-7-5-15(20)11-16(18)21-19(24)14-4-6-17-13(10-14)8-9-22(17)12(2)23/h4-7,10-11H,3,8-9H2,1-2H3,(H,21,24). The number of carbonyl (C=O) groups excluding carboxylic acids is 2. The Morgan fingerprint density at radius 1 is 1.24 bits per heavy atom. The lowest BCUT2D eigenvalue weighted by molar-refractivity contribution is -0.116. The fourth-order valence-corrected chi connectivity index (χ4v) is 3.86. The van der Waals surface area contributed by atoms with Gasteiger partial charge in [0.1, 0.15) is 0 Å². The van der Waals surface area contributed by atoms with E-state index in [0.29, 0.717) is 17.1 Å². The number of carbonyl (C=O) groups is 2. The van der Waals surface area contributed by atoms with Crippen LogP contribution in [-0.2, 0) is 11.2 Å². The molecule has 0 spiro atoms. The average molecular weight is 375 g/mol. The largest absolute Gasteiger partial charge is 0.321 e. The predicted octanol–water partition coefficient (Wildman–Crippen LogP) is 4.61. The van der Waals surface area contributed by atoms with Gasteiger partial charge < -0.3 is 10.2 Å². The van der Waals surface area contributed by atoms with Crippen LogP contribution in [0.5, 0.6) is 0 Å². The number of thioether (sulfide) groups is 1. The second kappa shape index (κ2) is 7.50. The molecule has 3 rings (SSSR count). The zero-order valence-corrected chi connectivity index (χ0v) is 15.7. The van der Waals surface area contributed by atoms with Gasteiger partial charge in [-0.15, -0.1) is 11.8 Å². The summed E-state index contributed by atoms with van der Waals surface area (Å²) in [6.07, 6.45) is 0.768. The molecule has 0 bridgehead atoms. The van der Waals surface area contributed by atoms with Crippen LogP contribution >= 0.6 is 23.4 Å². The first kappa shape index (κ1) is 17.8. The Balaban J connectivity index is 1.83. The summed E-state index contributed by atoms with van der Waals surface area (Å²) in [5.41, 5.74) is 3.22. The molecule has 1 heterocycles. The van der Waals surface area contributed by atoms with Crippen molar-refractivity contribution in [3.63, 3.8) is 0 Å². The van der Waals surface area contributed by atoms with Crippen LogP contribution in [0.3, 0.4) is 0 Å². The number of amides is 2. The molecule has 4 nitrogen and oxygen atoms in total. The number of halogens is 1. The molecule has 1 aliphatic heterocycles. The third-order valence-electron chi connectivity index (χ3n) is 4.11. The average Bonchev–Trinajstić information content (AvgIpc) is 3.00. The zero-order valence-electron chi connectivity index (χ0n) is 14.1. The van der Waals surface area contributed by atoms with Crippen molar-refractivity contribution in [2.75, 3.05) is 22.5 Å². The number of fused-ring (bicyclic) bond motifs is 1. The van der Waals surface area contributed by atoms with E-state index in [9.17, 15) is 9.59 Å². The van der Waals surface area contributed by atoms with Crippen LogP contribution in [0.2, 0.25) is 5.02 Å². The Morgan fingerprint density at radius 3 is 2.76 bits per heavy atom. The molecule has 0 radical (unpaired) electrons. The van der Waals surface area contributed by atoms with E-state index < -0.39 is 0 Å². The third kappa shape index (κ3) is 3.83. The van der Waals surface area contributed by atoms with Gasteiger partial charge in [-0.3, -0.25) is 9.59 Å². The van der Waals surface area contributed by atoms with Gasteiger partial charge in [0.25, 0.3) is 5.91 Å². The molecular formula is C19H19ClN2O2S. The minimum atomic E-state index is -0.177. The van der Waals surface area contributed by atoms with Gasteiger partial charge in [0.05, 0.1) is 5.69 Å². The number of nitrogens with one attached hydrogen (secondary N) is 1. The molecule has 0 aromatic heterocycles. The fourth-order valence-electron chi connectivity index (χ4n) is 2.95. The maximum absolute atomic E-state index is 12.7. The molecule has 2 amide bonds. The monoisotopic (exact) mass is 374 g/mol. The van der Waals surface area contributed by atoms with E-state index in [-0.39, 0.29) is 11.8 Å². The van der Waals surface area contributed by atoms with Gasteiger partial charge in [-0.05, 0) is 54.1 Å². The quantitative estimate of drug-likeness (QED) is 0.795. The lowest BCUT2D eigenvalue weighted by Crippen LogP contribution is -2.25. The summed E-state index contributed by atoms with van der Waals surface area (Å²) in [5, 5.41) is 3.54. The van der Waals surface area contributed by atoms with Crippen LogP contribution in [-0.4, -0.2) is 24.1 Å². The first-order valence-electron chi connectivity index (χ1n) is 8.14. The van der Waals surface area contributed by atoms with Crippen molar-refractivity contribution < 1.29 is 9.59 Å². The first-order chi connectivity index (χ1) is 12.0. The van der Waals surface area contributed by atoms with Crippen molar-refractivity contribution in [1.29, 1.82) is 0 Å². The van der Waals surface area contributed by atoms with Crippen molar-refractivity contribution in [1.82, 2.24) is 0 Å². The molecular weight excluding hydrogens is 356 g/mol. The Hall–Kier alpha value is -1.98. The molecule has 0 fully saturated rings. The number of hydrogen-bond donors (Lipinski definition) is 1. The highest BCUT2D eigenvalue weighted by Crippen LogP contribution is 2.32. The highest BCUT2D eigenvalue weighted by molar-refractivity contribution is 7.99. The van der Waals surface area contributed by atoms with Crippen LogP contribution in [0, 0.1) is 0 Å². The van der Waals surface area contributed by atoms with E-state index >= 15 is 0 Å². The van der Waals surface area contributed by atoms with Crippen molar-refractivity contribution in [3.05, 3.63) is 52.5 Å². The smallest absolute Gasteiger partial charge is 0.255 e. The maximum Gasteiger partial charge on any atom is 0.255 e. The topological polar surface area (TPSA) is 49.4 Å². The molecule has 25 heavy (non-hydrogen) atoms. The van der Waals surface area contributed by atoms with E-state index in [1.165, 1.54) is 0 Å². The minimum absolute atomic E-state index is 0.0242. The minimum Gasteiger partial charge on any atom is -0.321 e. The van der Waals surface area contributed by atoms with E-state index in [1.807, 2.05) is 24.3 Å². The SMILES string of the molecule is CCSc1ccc(Cl)cc1NC(=O)c1ccc2c(c1)CCN2C(C)=O. The molecule has 1 N–H and O–H groups in total. The molecule has 1 aliphatic rings. The molecule has 6 heteroatoms. The molecule has 2 aromatic carbocycles. The first-order valence-corrected chi connectivity index (χ1v) is 9.50. The molecule has 0 unspecified atom stereocenters. The predicted molar refractivity (Wildman–Crippen MR) is 104 cm³/mol. The van der Waals surface area contributed by atoms with E-state index in [4.69, 9.17) is 11.6 Å². The van der Waals surface area contributed by atoms with Crippen molar-refractivity contribution in [3.8, 4) is 0 Å². The Morgan fingerprint density at radius 2 is 2.04 bits per heavy atom. The van der Waals surface area contributed by atoms with Gasteiger partial charge in [0, 0.05) is 34.6 Å². The van der Waals surface area contributed by atoms with Gasteiger partial charge in [-0.1, -0.05) is 18.5 Å². The number of benzene rings is 2. The lowest BCUT2D eigenvalue weighted by atomic mass is 10.1. The Labute approximate surface area is 156 Å². The second-order valence-electron chi connectivity index (χ2n) is 5.79. The number of anilines is 2. The Kier molecular flexibility index (Phi) is 5.35. The Bertz CT molecular complexity index is 838. The number of nitrogens with zero attached hydrogens (tertiary/aromatic N) is 1. The van der Waals surface area contributed by atoms with Gasteiger partial charge in [-0.25, -0.2) is 0 Å². The summed E-state index contributed by atoms with van der Waals surface area (Å²) in [7, 11) is 0. The summed E-state index contributed by atoms with van der Waals surface area (Å²) in [6, 6.07) is 11.0. The summed E-state index contributed by atoms with van der Waals surface area (Å²) < 4.78 is 0. The normalized spacial score (nSPS) is 12.8. The van der Waals surface area contributed by atoms with Crippen molar-refractivity contribution in [2.45, 2.75) is 25.2 Å². The van der Waals surface area contributed by atoms with E-state index in [0.717, 1.165) is 34.0 Å². The second-order valence-corrected chi connectivity index (χ2v) is 7.53. The van der Waals surface area contributed by atoms with Crippen molar-refractivity contribution >= 4 is 46.6 Å². The van der Waals surface area contributed by atoms with Crippen LogP contribution in [0.4, 0.5) is 11.4 Å². The van der Waals surface area contributed by atoms with Crippen LogP contribution in [0.15, 0.2) is 41.3 Å².